The summed E-state index contributed by atoms with van der Waals surface area (Å²) in [5.74, 6) is 0. The number of aliphatic hydroxyl groups is 1. The van der Waals surface area contributed by atoms with E-state index in [0.717, 1.165) is 18.4 Å². The second-order valence-electron chi connectivity index (χ2n) is 4.75. The molecule has 0 amide bonds. The summed E-state index contributed by atoms with van der Waals surface area (Å²) in [6, 6.07) is 5.34. The highest BCUT2D eigenvalue weighted by atomic mass is 35.5. The van der Waals surface area contributed by atoms with E-state index in [9.17, 15) is 5.11 Å². The Morgan fingerprint density at radius 2 is 1.67 bits per heavy atom. The lowest BCUT2D eigenvalue weighted by Gasteiger charge is -2.11. The number of halogens is 2. The fourth-order valence-corrected chi connectivity index (χ4v) is 2.31. The maximum absolute atomic E-state index is 10.0. The molecule has 3 heteroatoms. The van der Waals surface area contributed by atoms with Crippen LogP contribution >= 0.6 is 23.2 Å². The van der Waals surface area contributed by atoms with Crippen molar-refractivity contribution in [1.29, 1.82) is 0 Å². The van der Waals surface area contributed by atoms with E-state index in [1.165, 1.54) is 32.1 Å². The average Bonchev–Trinajstić information content (AvgIpc) is 2.36. The number of aliphatic hydroxyl groups excluding tert-OH is 1. The number of hydrogen-bond acceptors (Lipinski definition) is 1. The Labute approximate surface area is 120 Å². The van der Waals surface area contributed by atoms with Crippen LogP contribution in [0.15, 0.2) is 18.2 Å². The van der Waals surface area contributed by atoms with E-state index in [1.54, 1.807) is 12.1 Å². The molecule has 1 N–H and O–H groups in total. The van der Waals surface area contributed by atoms with Gasteiger partial charge in [0.15, 0.2) is 0 Å². The van der Waals surface area contributed by atoms with Crippen LogP contribution in [0, 0.1) is 0 Å². The van der Waals surface area contributed by atoms with Crippen molar-refractivity contribution in [2.24, 2.45) is 0 Å². The van der Waals surface area contributed by atoms with E-state index < -0.39 is 6.10 Å². The van der Waals surface area contributed by atoms with Crippen molar-refractivity contribution in [2.75, 3.05) is 0 Å². The lowest BCUT2D eigenvalue weighted by molar-refractivity contribution is 0.163. The lowest BCUT2D eigenvalue weighted by Crippen LogP contribution is -1.97. The van der Waals surface area contributed by atoms with Gasteiger partial charge in [0, 0.05) is 0 Å². The Kier molecular flexibility index (Phi) is 7.73. The van der Waals surface area contributed by atoms with Crippen LogP contribution in [0.5, 0.6) is 0 Å². The molecular formula is C15H22Cl2O. The van der Waals surface area contributed by atoms with Gasteiger partial charge in [-0.05, 0) is 24.1 Å². The van der Waals surface area contributed by atoms with Gasteiger partial charge in [0.1, 0.15) is 0 Å². The van der Waals surface area contributed by atoms with Gasteiger partial charge in [-0.25, -0.2) is 0 Å². The van der Waals surface area contributed by atoms with Gasteiger partial charge in [-0.3, -0.25) is 0 Å². The maximum Gasteiger partial charge on any atom is 0.0790 e. The van der Waals surface area contributed by atoms with Crippen molar-refractivity contribution in [1.82, 2.24) is 0 Å². The van der Waals surface area contributed by atoms with Gasteiger partial charge < -0.3 is 5.11 Å². The summed E-state index contributed by atoms with van der Waals surface area (Å²) in [4.78, 5) is 0. The van der Waals surface area contributed by atoms with E-state index >= 15 is 0 Å². The van der Waals surface area contributed by atoms with E-state index in [1.807, 2.05) is 6.07 Å². The second kappa shape index (κ2) is 8.79. The molecule has 1 atom stereocenters. The molecule has 18 heavy (non-hydrogen) atoms. The van der Waals surface area contributed by atoms with Crippen LogP contribution in [-0.4, -0.2) is 5.11 Å². The fourth-order valence-electron chi connectivity index (χ4n) is 2.00. The van der Waals surface area contributed by atoms with E-state index in [4.69, 9.17) is 23.2 Å². The quantitative estimate of drug-likeness (QED) is 0.602. The summed E-state index contributed by atoms with van der Waals surface area (Å²) in [5, 5.41) is 11.1. The SMILES string of the molecule is CCCCCCCCC(O)c1ccc(Cl)c(Cl)c1. The van der Waals surface area contributed by atoms with Crippen molar-refractivity contribution >= 4 is 23.2 Å². The molecule has 0 aliphatic rings. The molecule has 1 rings (SSSR count). The first-order chi connectivity index (χ1) is 8.65. The predicted octanol–water partition coefficient (Wildman–Crippen LogP) is 5.78. The van der Waals surface area contributed by atoms with Crippen molar-refractivity contribution < 1.29 is 5.11 Å². The molecule has 0 aliphatic carbocycles. The summed E-state index contributed by atoms with van der Waals surface area (Å²) in [6.45, 7) is 2.22. The van der Waals surface area contributed by atoms with Crippen LogP contribution < -0.4 is 0 Å². The number of unbranched alkanes of at least 4 members (excludes halogenated alkanes) is 5. The zero-order valence-electron chi connectivity index (χ0n) is 11.0. The highest BCUT2D eigenvalue weighted by Gasteiger charge is 2.09. The first kappa shape index (κ1) is 15.8. The third-order valence-corrected chi connectivity index (χ3v) is 3.90. The smallest absolute Gasteiger partial charge is 0.0790 e. The molecule has 0 heterocycles. The van der Waals surface area contributed by atoms with Gasteiger partial charge >= 0.3 is 0 Å². The fraction of sp³-hybridized carbons (Fsp3) is 0.600. The Balaban J connectivity index is 2.27. The number of hydrogen-bond donors (Lipinski definition) is 1. The standard InChI is InChI=1S/C15H22Cl2O/c1-2-3-4-5-6-7-8-15(18)12-9-10-13(16)14(17)11-12/h9-11,15,18H,2-8H2,1H3. The van der Waals surface area contributed by atoms with Crippen molar-refractivity contribution in [2.45, 2.75) is 58.0 Å². The maximum atomic E-state index is 10.0. The molecule has 0 saturated carbocycles. The van der Waals surface area contributed by atoms with Gasteiger partial charge in [0.25, 0.3) is 0 Å². The van der Waals surface area contributed by atoms with Crippen LogP contribution in [0.1, 0.15) is 63.5 Å². The first-order valence-electron chi connectivity index (χ1n) is 6.78. The number of rotatable bonds is 8. The minimum absolute atomic E-state index is 0.425. The third-order valence-electron chi connectivity index (χ3n) is 3.16. The highest BCUT2D eigenvalue weighted by Crippen LogP contribution is 2.27. The predicted molar refractivity (Wildman–Crippen MR) is 79.4 cm³/mol. The normalized spacial score (nSPS) is 12.7. The Morgan fingerprint density at radius 1 is 1.00 bits per heavy atom. The minimum Gasteiger partial charge on any atom is -0.388 e. The Bertz CT molecular complexity index is 352. The van der Waals surface area contributed by atoms with Gasteiger partial charge in [-0.15, -0.1) is 0 Å². The third kappa shape index (κ3) is 5.60. The molecule has 102 valence electrons. The van der Waals surface area contributed by atoms with Crippen LogP contribution in [0.3, 0.4) is 0 Å². The molecule has 0 spiro atoms. The van der Waals surface area contributed by atoms with E-state index in [0.29, 0.717) is 10.0 Å². The lowest BCUT2D eigenvalue weighted by atomic mass is 10.0. The zero-order chi connectivity index (χ0) is 13.4. The van der Waals surface area contributed by atoms with Gasteiger partial charge in [-0.2, -0.15) is 0 Å². The van der Waals surface area contributed by atoms with Crippen LogP contribution in [0.4, 0.5) is 0 Å². The molecule has 0 aromatic heterocycles. The van der Waals surface area contributed by atoms with Gasteiger partial charge in [0.2, 0.25) is 0 Å². The average molecular weight is 289 g/mol. The molecule has 0 saturated heterocycles. The summed E-state index contributed by atoms with van der Waals surface area (Å²) in [6.07, 6.45) is 7.78. The monoisotopic (exact) mass is 288 g/mol. The van der Waals surface area contributed by atoms with Crippen LogP contribution in [0.25, 0.3) is 0 Å². The molecule has 0 aliphatic heterocycles. The second-order valence-corrected chi connectivity index (χ2v) is 5.56. The van der Waals surface area contributed by atoms with Crippen LogP contribution in [-0.2, 0) is 0 Å². The highest BCUT2D eigenvalue weighted by molar-refractivity contribution is 6.42. The van der Waals surface area contributed by atoms with Gasteiger partial charge in [0.05, 0.1) is 16.1 Å². The Hall–Kier alpha value is -0.240. The summed E-state index contributed by atoms with van der Waals surface area (Å²) in [7, 11) is 0. The topological polar surface area (TPSA) is 20.2 Å². The molecule has 1 nitrogen and oxygen atoms in total. The Morgan fingerprint density at radius 3 is 2.33 bits per heavy atom. The van der Waals surface area contributed by atoms with Gasteiger partial charge in [-0.1, -0.05) is 74.7 Å². The van der Waals surface area contributed by atoms with Crippen LogP contribution in [0.2, 0.25) is 10.0 Å². The van der Waals surface area contributed by atoms with Crippen molar-refractivity contribution in [3.8, 4) is 0 Å². The van der Waals surface area contributed by atoms with E-state index in [-0.39, 0.29) is 0 Å². The molecule has 0 fully saturated rings. The number of benzene rings is 1. The summed E-state index contributed by atoms with van der Waals surface area (Å²) < 4.78 is 0. The summed E-state index contributed by atoms with van der Waals surface area (Å²) >= 11 is 11.8. The molecule has 1 aromatic rings. The molecule has 0 radical (unpaired) electrons. The molecular weight excluding hydrogens is 267 g/mol. The summed E-state index contributed by atoms with van der Waals surface area (Å²) in [5.41, 5.74) is 0.859. The molecule has 0 bridgehead atoms. The molecule has 1 aromatic carbocycles. The van der Waals surface area contributed by atoms with Crippen molar-refractivity contribution in [3.63, 3.8) is 0 Å². The first-order valence-corrected chi connectivity index (χ1v) is 7.53. The largest absolute Gasteiger partial charge is 0.388 e. The minimum atomic E-state index is -0.425. The van der Waals surface area contributed by atoms with E-state index in [2.05, 4.69) is 6.92 Å². The van der Waals surface area contributed by atoms with Crippen molar-refractivity contribution in [3.05, 3.63) is 33.8 Å². The zero-order valence-corrected chi connectivity index (χ0v) is 12.5. The molecule has 1 unspecified atom stereocenters.